The van der Waals surface area contributed by atoms with Crippen molar-refractivity contribution in [2.75, 3.05) is 12.4 Å². The van der Waals surface area contributed by atoms with E-state index in [4.69, 9.17) is 4.74 Å². The molecule has 2 aromatic carbocycles. The van der Waals surface area contributed by atoms with Crippen LogP contribution in [-0.2, 0) is 4.79 Å². The Morgan fingerprint density at radius 3 is 2.76 bits per heavy atom. The van der Waals surface area contributed by atoms with Gasteiger partial charge in [-0.1, -0.05) is 17.8 Å². The molecule has 0 bridgehead atoms. The summed E-state index contributed by atoms with van der Waals surface area (Å²) in [4.78, 5) is 21.5. The topological polar surface area (TPSA) is 92.8 Å². The van der Waals surface area contributed by atoms with Crippen LogP contribution in [0.25, 0.3) is 22.3 Å². The first-order chi connectivity index (χ1) is 14.1. The van der Waals surface area contributed by atoms with E-state index in [0.29, 0.717) is 11.0 Å². The first-order valence-electron chi connectivity index (χ1n) is 9.02. The first kappa shape index (κ1) is 18.9. The van der Waals surface area contributed by atoms with Gasteiger partial charge in [-0.25, -0.2) is 4.98 Å². The summed E-state index contributed by atoms with van der Waals surface area (Å²) >= 11 is 1.29. The van der Waals surface area contributed by atoms with Crippen LogP contribution in [-0.4, -0.2) is 38.4 Å². The third kappa shape index (κ3) is 4.22. The maximum absolute atomic E-state index is 12.7. The maximum Gasteiger partial charge on any atom is 0.237 e. The number of methoxy groups -OCH3 is 1. The SMILES string of the molecule is COc1ccc(-c2nc(SC(C)C(=O)Nc3cccc4ncccc34)n[nH]2)cc1. The average Bonchev–Trinajstić information content (AvgIpc) is 3.22. The molecule has 4 rings (SSSR count). The number of hydrogen-bond donors (Lipinski definition) is 2. The molecular formula is C21H19N5O2S. The van der Waals surface area contributed by atoms with Crippen LogP contribution >= 0.6 is 11.8 Å². The number of benzene rings is 2. The molecule has 7 nitrogen and oxygen atoms in total. The fraction of sp³-hybridized carbons (Fsp3) is 0.143. The number of aromatic nitrogens is 4. The summed E-state index contributed by atoms with van der Waals surface area (Å²) in [7, 11) is 1.62. The van der Waals surface area contributed by atoms with Gasteiger partial charge in [-0.15, -0.1) is 5.10 Å². The van der Waals surface area contributed by atoms with E-state index in [9.17, 15) is 4.79 Å². The van der Waals surface area contributed by atoms with E-state index < -0.39 is 0 Å². The van der Waals surface area contributed by atoms with Crippen molar-refractivity contribution in [2.24, 2.45) is 0 Å². The molecule has 0 fully saturated rings. The van der Waals surface area contributed by atoms with Crippen LogP contribution in [0.1, 0.15) is 6.92 Å². The minimum Gasteiger partial charge on any atom is -0.497 e. The van der Waals surface area contributed by atoms with Crippen molar-refractivity contribution in [1.29, 1.82) is 0 Å². The minimum atomic E-state index is -0.374. The van der Waals surface area contributed by atoms with Crippen molar-refractivity contribution in [3.05, 3.63) is 60.8 Å². The third-order valence-corrected chi connectivity index (χ3v) is 5.34. The molecule has 0 radical (unpaired) electrons. The van der Waals surface area contributed by atoms with Crippen LogP contribution in [0.5, 0.6) is 5.75 Å². The molecule has 0 aliphatic heterocycles. The largest absolute Gasteiger partial charge is 0.497 e. The Labute approximate surface area is 171 Å². The Morgan fingerprint density at radius 2 is 1.97 bits per heavy atom. The zero-order chi connectivity index (χ0) is 20.2. The van der Waals surface area contributed by atoms with Gasteiger partial charge in [0.15, 0.2) is 5.82 Å². The van der Waals surface area contributed by atoms with E-state index in [1.165, 1.54) is 11.8 Å². The Kier molecular flexibility index (Phi) is 5.44. The molecule has 2 N–H and O–H groups in total. The number of carbonyl (C=O) groups is 1. The van der Waals surface area contributed by atoms with Gasteiger partial charge in [0, 0.05) is 17.1 Å². The number of rotatable bonds is 6. The lowest BCUT2D eigenvalue weighted by atomic mass is 10.2. The van der Waals surface area contributed by atoms with Crippen LogP contribution < -0.4 is 10.1 Å². The lowest BCUT2D eigenvalue weighted by molar-refractivity contribution is -0.115. The van der Waals surface area contributed by atoms with E-state index >= 15 is 0 Å². The van der Waals surface area contributed by atoms with Gasteiger partial charge in [0.2, 0.25) is 11.1 Å². The molecule has 1 unspecified atom stereocenters. The van der Waals surface area contributed by atoms with Gasteiger partial charge in [-0.2, -0.15) is 0 Å². The number of amides is 1. The second-order valence-corrected chi connectivity index (χ2v) is 7.63. The van der Waals surface area contributed by atoms with E-state index in [2.05, 4.69) is 25.5 Å². The highest BCUT2D eigenvalue weighted by molar-refractivity contribution is 8.00. The first-order valence-corrected chi connectivity index (χ1v) is 9.90. The lowest BCUT2D eigenvalue weighted by Gasteiger charge is -2.12. The summed E-state index contributed by atoms with van der Waals surface area (Å²) in [6.07, 6.45) is 1.73. The van der Waals surface area contributed by atoms with E-state index in [-0.39, 0.29) is 11.2 Å². The molecule has 146 valence electrons. The quantitative estimate of drug-likeness (QED) is 0.468. The van der Waals surface area contributed by atoms with Gasteiger partial charge < -0.3 is 10.1 Å². The van der Waals surface area contributed by atoms with E-state index in [1.807, 2.05) is 61.5 Å². The number of hydrogen-bond acceptors (Lipinski definition) is 6. The fourth-order valence-corrected chi connectivity index (χ4v) is 3.56. The Hall–Kier alpha value is -3.39. The molecule has 29 heavy (non-hydrogen) atoms. The number of nitrogens with zero attached hydrogens (tertiary/aromatic N) is 3. The van der Waals surface area contributed by atoms with Gasteiger partial charge in [-0.05, 0) is 55.5 Å². The zero-order valence-corrected chi connectivity index (χ0v) is 16.7. The average molecular weight is 405 g/mol. The number of H-pyrrole nitrogens is 1. The van der Waals surface area contributed by atoms with Crippen molar-refractivity contribution >= 4 is 34.3 Å². The third-order valence-electron chi connectivity index (χ3n) is 4.38. The Bertz CT molecular complexity index is 1140. The van der Waals surface area contributed by atoms with Crippen molar-refractivity contribution in [3.63, 3.8) is 0 Å². The summed E-state index contributed by atoms with van der Waals surface area (Å²) in [6, 6.07) is 17.0. The van der Waals surface area contributed by atoms with Gasteiger partial charge >= 0.3 is 0 Å². The predicted octanol–water partition coefficient (Wildman–Crippen LogP) is 4.15. The van der Waals surface area contributed by atoms with Crippen molar-refractivity contribution in [3.8, 4) is 17.1 Å². The highest BCUT2D eigenvalue weighted by Gasteiger charge is 2.18. The molecule has 0 saturated carbocycles. The number of anilines is 1. The van der Waals surface area contributed by atoms with Crippen LogP contribution in [0.2, 0.25) is 0 Å². The van der Waals surface area contributed by atoms with Crippen molar-refractivity contribution in [1.82, 2.24) is 20.2 Å². The summed E-state index contributed by atoms with van der Waals surface area (Å²) < 4.78 is 5.17. The highest BCUT2D eigenvalue weighted by Crippen LogP contribution is 2.26. The molecule has 1 atom stereocenters. The summed E-state index contributed by atoms with van der Waals surface area (Å²) in [5.74, 6) is 1.29. The summed E-state index contributed by atoms with van der Waals surface area (Å²) in [6.45, 7) is 1.83. The van der Waals surface area contributed by atoms with E-state index in [0.717, 1.165) is 27.9 Å². The number of thioether (sulfide) groups is 1. The number of nitrogens with one attached hydrogen (secondary N) is 2. The van der Waals surface area contributed by atoms with Gasteiger partial charge in [0.25, 0.3) is 0 Å². The second-order valence-electron chi connectivity index (χ2n) is 6.32. The number of pyridine rings is 1. The summed E-state index contributed by atoms with van der Waals surface area (Å²) in [5, 5.41) is 11.2. The standard InChI is InChI=1S/C21H19N5O2S/c1-13(20(27)23-18-7-3-6-17-16(18)5-4-12-22-17)29-21-24-19(25-26-21)14-8-10-15(28-2)11-9-14/h3-13H,1-2H3,(H,23,27)(H,24,25,26). The fourth-order valence-electron chi connectivity index (χ4n) is 2.84. The van der Waals surface area contributed by atoms with Crippen molar-refractivity contribution in [2.45, 2.75) is 17.3 Å². The number of ether oxygens (including phenoxy) is 1. The molecule has 1 amide bonds. The Morgan fingerprint density at radius 1 is 1.14 bits per heavy atom. The predicted molar refractivity (Wildman–Crippen MR) is 114 cm³/mol. The molecule has 0 spiro atoms. The number of carbonyl (C=O) groups excluding carboxylic acids is 1. The molecular weight excluding hydrogens is 386 g/mol. The zero-order valence-electron chi connectivity index (χ0n) is 15.9. The maximum atomic E-state index is 12.7. The molecule has 2 aromatic heterocycles. The van der Waals surface area contributed by atoms with Gasteiger partial charge in [-0.3, -0.25) is 14.9 Å². The molecule has 8 heteroatoms. The smallest absolute Gasteiger partial charge is 0.237 e. The van der Waals surface area contributed by atoms with Crippen LogP contribution in [0, 0.1) is 0 Å². The molecule has 4 aromatic rings. The van der Waals surface area contributed by atoms with Gasteiger partial charge in [0.1, 0.15) is 5.75 Å². The monoisotopic (exact) mass is 405 g/mol. The molecule has 2 heterocycles. The number of fused-ring (bicyclic) bond motifs is 1. The molecule has 0 aliphatic carbocycles. The summed E-state index contributed by atoms with van der Waals surface area (Å²) in [5.41, 5.74) is 2.47. The van der Waals surface area contributed by atoms with Crippen LogP contribution in [0.15, 0.2) is 66.0 Å². The van der Waals surface area contributed by atoms with Crippen LogP contribution in [0.4, 0.5) is 5.69 Å². The Balaban J connectivity index is 1.44. The molecule has 0 saturated heterocycles. The highest BCUT2D eigenvalue weighted by atomic mass is 32.2. The molecule has 0 aliphatic rings. The second kappa shape index (κ2) is 8.32. The number of aromatic amines is 1. The normalized spacial score (nSPS) is 11.9. The minimum absolute atomic E-state index is 0.123. The lowest BCUT2D eigenvalue weighted by Crippen LogP contribution is -2.22. The van der Waals surface area contributed by atoms with Gasteiger partial charge in [0.05, 0.1) is 23.6 Å². The van der Waals surface area contributed by atoms with Crippen molar-refractivity contribution < 1.29 is 9.53 Å². The van der Waals surface area contributed by atoms with E-state index in [1.54, 1.807) is 13.3 Å². The van der Waals surface area contributed by atoms with Crippen LogP contribution in [0.3, 0.4) is 0 Å².